The Morgan fingerprint density at radius 2 is 1.97 bits per heavy atom. The van der Waals surface area contributed by atoms with Gasteiger partial charge in [0, 0.05) is 23.5 Å². The standard InChI is InChI=1S/C22H27N3O5/c1-22(2,21(28)29)12-24-20(27)18-19(26)15-9-8-14(10-16(15)17(11-23)25-18)30-13-6-4-3-5-7-13/h8-11,13,23,26H,3-7,12H2,1-2H3,(H,24,27)(H,28,29). The van der Waals surface area contributed by atoms with Gasteiger partial charge in [0.25, 0.3) is 5.91 Å². The van der Waals surface area contributed by atoms with Crippen molar-refractivity contribution in [3.05, 3.63) is 29.6 Å². The predicted molar refractivity (Wildman–Crippen MR) is 113 cm³/mol. The van der Waals surface area contributed by atoms with E-state index in [-0.39, 0.29) is 29.8 Å². The highest BCUT2D eigenvalue weighted by atomic mass is 16.5. The summed E-state index contributed by atoms with van der Waals surface area (Å²) in [5.74, 6) is -1.43. The minimum atomic E-state index is -1.17. The molecule has 0 aliphatic heterocycles. The van der Waals surface area contributed by atoms with E-state index in [1.807, 2.05) is 0 Å². The number of aliphatic carboxylic acids is 1. The third kappa shape index (κ3) is 4.53. The lowest BCUT2D eigenvalue weighted by Crippen LogP contribution is -2.39. The van der Waals surface area contributed by atoms with Crippen LogP contribution in [0.1, 0.15) is 62.1 Å². The highest BCUT2D eigenvalue weighted by Gasteiger charge is 2.29. The quantitative estimate of drug-likeness (QED) is 0.514. The fourth-order valence-corrected chi connectivity index (χ4v) is 3.48. The number of ether oxygens (including phenoxy) is 1. The van der Waals surface area contributed by atoms with Crippen LogP contribution in [0.4, 0.5) is 0 Å². The SMILES string of the molecule is CC(C)(CNC(=O)c1nc(C=N)c2cc(OC3CCCCC3)ccc2c1O)C(=O)O. The molecule has 30 heavy (non-hydrogen) atoms. The van der Waals surface area contributed by atoms with E-state index in [1.165, 1.54) is 20.3 Å². The van der Waals surface area contributed by atoms with Crippen molar-refractivity contribution in [2.45, 2.75) is 52.1 Å². The molecule has 1 heterocycles. The molecule has 8 nitrogen and oxygen atoms in total. The van der Waals surface area contributed by atoms with Crippen LogP contribution in [0.25, 0.3) is 10.8 Å². The molecular formula is C22H27N3O5. The van der Waals surface area contributed by atoms with Crippen LogP contribution in [0.2, 0.25) is 0 Å². The number of carboxylic acids is 1. The lowest BCUT2D eigenvalue weighted by Gasteiger charge is -2.23. The van der Waals surface area contributed by atoms with Crippen LogP contribution in [0.3, 0.4) is 0 Å². The molecule has 0 spiro atoms. The highest BCUT2D eigenvalue weighted by molar-refractivity contribution is 6.07. The first-order valence-electron chi connectivity index (χ1n) is 10.1. The fourth-order valence-electron chi connectivity index (χ4n) is 3.48. The second-order valence-corrected chi connectivity index (χ2v) is 8.30. The summed E-state index contributed by atoms with van der Waals surface area (Å²) < 4.78 is 6.06. The van der Waals surface area contributed by atoms with E-state index in [0.29, 0.717) is 16.5 Å². The molecule has 0 bridgehead atoms. The maximum atomic E-state index is 12.5. The summed E-state index contributed by atoms with van der Waals surface area (Å²) >= 11 is 0. The Hall–Kier alpha value is -3.16. The lowest BCUT2D eigenvalue weighted by atomic mass is 9.94. The number of hydrogen-bond acceptors (Lipinski definition) is 6. The van der Waals surface area contributed by atoms with Gasteiger partial charge in [-0.1, -0.05) is 6.42 Å². The van der Waals surface area contributed by atoms with Crippen LogP contribution in [-0.2, 0) is 4.79 Å². The number of carbonyl (C=O) groups is 2. The number of carbonyl (C=O) groups excluding carboxylic acids is 1. The van der Waals surface area contributed by atoms with Crippen LogP contribution in [-0.4, -0.2) is 45.9 Å². The second-order valence-electron chi connectivity index (χ2n) is 8.30. The molecule has 0 atom stereocenters. The van der Waals surface area contributed by atoms with E-state index < -0.39 is 17.3 Å². The first-order chi connectivity index (χ1) is 14.2. The number of amides is 1. The summed E-state index contributed by atoms with van der Waals surface area (Å²) in [5, 5.41) is 30.9. The molecule has 3 rings (SSSR count). The van der Waals surface area contributed by atoms with Gasteiger partial charge in [-0.2, -0.15) is 0 Å². The van der Waals surface area contributed by atoms with Gasteiger partial charge in [-0.3, -0.25) is 9.59 Å². The summed E-state index contributed by atoms with van der Waals surface area (Å²) in [6.45, 7) is 2.84. The predicted octanol–water partition coefficient (Wildman–Crippen LogP) is 3.49. The number of pyridine rings is 1. The molecule has 1 fully saturated rings. The van der Waals surface area contributed by atoms with Crippen LogP contribution in [0, 0.1) is 10.8 Å². The van der Waals surface area contributed by atoms with Crippen LogP contribution < -0.4 is 10.1 Å². The maximum Gasteiger partial charge on any atom is 0.310 e. The van der Waals surface area contributed by atoms with Crippen molar-refractivity contribution in [1.29, 1.82) is 5.41 Å². The molecule has 1 aliphatic carbocycles. The third-order valence-electron chi connectivity index (χ3n) is 5.46. The second kappa shape index (κ2) is 8.69. The average molecular weight is 413 g/mol. The van der Waals surface area contributed by atoms with Crippen molar-refractivity contribution in [2.24, 2.45) is 5.41 Å². The van der Waals surface area contributed by atoms with E-state index in [1.54, 1.807) is 18.2 Å². The molecule has 0 saturated heterocycles. The van der Waals surface area contributed by atoms with Gasteiger partial charge < -0.3 is 25.7 Å². The molecule has 0 unspecified atom stereocenters. The van der Waals surface area contributed by atoms with Crippen molar-refractivity contribution < 1.29 is 24.5 Å². The third-order valence-corrected chi connectivity index (χ3v) is 5.46. The van der Waals surface area contributed by atoms with Gasteiger partial charge in [-0.25, -0.2) is 4.98 Å². The maximum absolute atomic E-state index is 12.5. The van der Waals surface area contributed by atoms with Gasteiger partial charge in [-0.05, 0) is 57.7 Å². The number of nitrogens with one attached hydrogen (secondary N) is 2. The Balaban J connectivity index is 1.89. The van der Waals surface area contributed by atoms with Crippen molar-refractivity contribution >= 4 is 28.9 Å². The Morgan fingerprint density at radius 3 is 2.60 bits per heavy atom. The number of hydrogen-bond donors (Lipinski definition) is 4. The number of fused-ring (bicyclic) bond motifs is 1. The number of aromatic nitrogens is 1. The van der Waals surface area contributed by atoms with E-state index in [2.05, 4.69) is 10.3 Å². The molecule has 1 aromatic carbocycles. The van der Waals surface area contributed by atoms with Crippen LogP contribution >= 0.6 is 0 Å². The number of carboxylic acid groups (broad SMARTS) is 1. The molecule has 2 aromatic rings. The molecule has 1 amide bonds. The zero-order valence-corrected chi connectivity index (χ0v) is 17.2. The van der Waals surface area contributed by atoms with Crippen molar-refractivity contribution in [1.82, 2.24) is 10.3 Å². The van der Waals surface area contributed by atoms with Crippen molar-refractivity contribution in [3.63, 3.8) is 0 Å². The smallest absolute Gasteiger partial charge is 0.310 e. The van der Waals surface area contributed by atoms with Crippen LogP contribution in [0.15, 0.2) is 18.2 Å². The molecule has 1 aliphatic rings. The van der Waals surface area contributed by atoms with Crippen LogP contribution in [0.5, 0.6) is 11.5 Å². The summed E-state index contributed by atoms with van der Waals surface area (Å²) in [4.78, 5) is 27.9. The normalized spacial score (nSPS) is 15.0. The lowest BCUT2D eigenvalue weighted by molar-refractivity contribution is -0.146. The van der Waals surface area contributed by atoms with Gasteiger partial charge in [-0.15, -0.1) is 0 Å². The van der Waals surface area contributed by atoms with Gasteiger partial charge in [0.2, 0.25) is 0 Å². The summed E-state index contributed by atoms with van der Waals surface area (Å²) in [5.41, 5.74) is -1.19. The molecule has 8 heteroatoms. The van der Waals surface area contributed by atoms with Gasteiger partial charge >= 0.3 is 5.97 Å². The van der Waals surface area contributed by atoms with Crippen molar-refractivity contribution in [2.75, 3.05) is 6.54 Å². The van der Waals surface area contributed by atoms with Gasteiger partial charge in [0.05, 0.1) is 17.2 Å². The average Bonchev–Trinajstić information content (AvgIpc) is 2.73. The van der Waals surface area contributed by atoms with E-state index in [9.17, 15) is 19.8 Å². The molecule has 4 N–H and O–H groups in total. The monoisotopic (exact) mass is 413 g/mol. The zero-order chi connectivity index (χ0) is 21.9. The first kappa shape index (κ1) is 21.5. The highest BCUT2D eigenvalue weighted by Crippen LogP contribution is 2.33. The summed E-state index contributed by atoms with van der Waals surface area (Å²) in [6, 6.07) is 5.11. The number of benzene rings is 1. The zero-order valence-electron chi connectivity index (χ0n) is 17.2. The minimum Gasteiger partial charge on any atom is -0.505 e. The number of nitrogens with zero attached hydrogens (tertiary/aromatic N) is 1. The van der Waals surface area contributed by atoms with Gasteiger partial charge in [0.15, 0.2) is 11.4 Å². The number of aromatic hydroxyl groups is 1. The molecule has 0 radical (unpaired) electrons. The van der Waals surface area contributed by atoms with Gasteiger partial charge in [0.1, 0.15) is 5.75 Å². The summed E-state index contributed by atoms with van der Waals surface area (Å²) in [7, 11) is 0. The number of rotatable bonds is 7. The first-order valence-corrected chi connectivity index (χ1v) is 10.1. The van der Waals surface area contributed by atoms with Crippen molar-refractivity contribution in [3.8, 4) is 11.5 Å². The Morgan fingerprint density at radius 1 is 1.27 bits per heavy atom. The topological polar surface area (TPSA) is 133 Å². The van der Waals surface area contributed by atoms with E-state index in [4.69, 9.17) is 10.1 Å². The summed E-state index contributed by atoms with van der Waals surface area (Å²) in [6.07, 6.45) is 6.69. The fraction of sp³-hybridized carbons (Fsp3) is 0.455. The van der Waals surface area contributed by atoms with E-state index >= 15 is 0 Å². The molecule has 1 saturated carbocycles. The molecule has 160 valence electrons. The molecular weight excluding hydrogens is 386 g/mol. The Labute approximate surface area is 174 Å². The Bertz CT molecular complexity index is 980. The largest absolute Gasteiger partial charge is 0.505 e. The molecule has 1 aromatic heterocycles. The minimum absolute atomic E-state index is 0.131. The van der Waals surface area contributed by atoms with E-state index in [0.717, 1.165) is 31.9 Å². The Kier molecular flexibility index (Phi) is 6.24.